The van der Waals surface area contributed by atoms with Gasteiger partial charge >= 0.3 is 0 Å². The number of aliphatic hydroxyl groups is 1. The van der Waals surface area contributed by atoms with Crippen molar-refractivity contribution >= 4 is 5.91 Å². The van der Waals surface area contributed by atoms with Gasteiger partial charge in [0.15, 0.2) is 5.60 Å². The lowest BCUT2D eigenvalue weighted by Gasteiger charge is -2.33. The SMILES string of the molecule is N#Cc1ccc(CCN2CC3C(C2)C3NC(=O)C(O)(c2ccccc2)C2CCCC2)cc1. The Bertz CT molecular complexity index is 982. The quantitative estimate of drug-likeness (QED) is 0.709. The van der Waals surface area contributed by atoms with Crippen LogP contribution in [0.3, 0.4) is 0 Å². The first-order valence-corrected chi connectivity index (χ1v) is 11.9. The highest BCUT2D eigenvalue weighted by Gasteiger charge is 2.58. The molecule has 5 rings (SSSR count). The molecule has 0 spiro atoms. The van der Waals surface area contributed by atoms with Crippen LogP contribution in [0, 0.1) is 29.1 Å². The number of likely N-dealkylation sites (tertiary alicyclic amines) is 1. The fourth-order valence-corrected chi connectivity index (χ4v) is 5.89. The molecule has 2 N–H and O–H groups in total. The summed E-state index contributed by atoms with van der Waals surface area (Å²) in [6, 6.07) is 19.7. The molecular weight excluding hydrogens is 398 g/mol. The van der Waals surface area contributed by atoms with Crippen LogP contribution in [0.15, 0.2) is 54.6 Å². The lowest BCUT2D eigenvalue weighted by atomic mass is 9.79. The molecule has 1 aliphatic heterocycles. The van der Waals surface area contributed by atoms with Crippen molar-refractivity contribution in [3.8, 4) is 6.07 Å². The molecule has 0 bridgehead atoms. The van der Waals surface area contributed by atoms with Crippen LogP contribution in [-0.2, 0) is 16.8 Å². The smallest absolute Gasteiger partial charge is 0.257 e. The predicted molar refractivity (Wildman–Crippen MR) is 123 cm³/mol. The summed E-state index contributed by atoms with van der Waals surface area (Å²) < 4.78 is 0. The van der Waals surface area contributed by atoms with E-state index in [1.807, 2.05) is 54.6 Å². The van der Waals surface area contributed by atoms with Gasteiger partial charge in [0, 0.05) is 31.6 Å². The van der Waals surface area contributed by atoms with Crippen LogP contribution in [0.5, 0.6) is 0 Å². The molecule has 2 saturated carbocycles. The van der Waals surface area contributed by atoms with Crippen molar-refractivity contribution in [2.24, 2.45) is 17.8 Å². The Morgan fingerprint density at radius 3 is 2.34 bits per heavy atom. The van der Waals surface area contributed by atoms with Gasteiger partial charge in [0.1, 0.15) is 0 Å². The van der Waals surface area contributed by atoms with Crippen molar-refractivity contribution in [3.63, 3.8) is 0 Å². The highest BCUT2D eigenvalue weighted by atomic mass is 16.3. The Morgan fingerprint density at radius 2 is 1.72 bits per heavy atom. The van der Waals surface area contributed by atoms with Crippen molar-refractivity contribution in [1.82, 2.24) is 10.2 Å². The van der Waals surface area contributed by atoms with Crippen LogP contribution in [0.25, 0.3) is 0 Å². The maximum absolute atomic E-state index is 13.4. The molecule has 3 atom stereocenters. The summed E-state index contributed by atoms with van der Waals surface area (Å²) in [6.07, 6.45) is 4.93. The van der Waals surface area contributed by atoms with E-state index in [9.17, 15) is 9.90 Å². The molecule has 1 heterocycles. The van der Waals surface area contributed by atoms with E-state index in [2.05, 4.69) is 16.3 Å². The van der Waals surface area contributed by atoms with Gasteiger partial charge in [-0.15, -0.1) is 0 Å². The number of carbonyl (C=O) groups is 1. The second kappa shape index (κ2) is 8.69. The van der Waals surface area contributed by atoms with Crippen molar-refractivity contribution in [2.75, 3.05) is 19.6 Å². The lowest BCUT2D eigenvalue weighted by molar-refractivity contribution is -0.147. The molecule has 1 amide bonds. The van der Waals surface area contributed by atoms with E-state index in [1.165, 1.54) is 5.56 Å². The summed E-state index contributed by atoms with van der Waals surface area (Å²) >= 11 is 0. The van der Waals surface area contributed by atoms with Crippen molar-refractivity contribution in [3.05, 3.63) is 71.3 Å². The van der Waals surface area contributed by atoms with Crippen LogP contribution in [-0.4, -0.2) is 41.6 Å². The van der Waals surface area contributed by atoms with Crippen molar-refractivity contribution in [2.45, 2.75) is 43.7 Å². The van der Waals surface area contributed by atoms with E-state index < -0.39 is 5.60 Å². The fourth-order valence-electron chi connectivity index (χ4n) is 5.89. The first kappa shape index (κ1) is 21.2. The topological polar surface area (TPSA) is 76.4 Å². The molecule has 166 valence electrons. The Morgan fingerprint density at radius 1 is 1.06 bits per heavy atom. The fraction of sp³-hybridized carbons (Fsp3) is 0.481. The molecule has 2 aliphatic carbocycles. The minimum absolute atomic E-state index is 0.00703. The summed E-state index contributed by atoms with van der Waals surface area (Å²) in [5.74, 6) is 0.763. The number of nitrogens with one attached hydrogen (secondary N) is 1. The maximum Gasteiger partial charge on any atom is 0.257 e. The Labute approximate surface area is 190 Å². The summed E-state index contributed by atoms with van der Waals surface area (Å²) in [6.45, 7) is 2.99. The number of amides is 1. The number of hydrogen-bond donors (Lipinski definition) is 2. The number of carbonyl (C=O) groups excluding carboxylic acids is 1. The number of nitriles is 1. The number of hydrogen-bond acceptors (Lipinski definition) is 4. The molecule has 3 unspecified atom stereocenters. The van der Waals surface area contributed by atoms with Crippen molar-refractivity contribution < 1.29 is 9.90 Å². The number of piperidine rings is 1. The van der Waals surface area contributed by atoms with Gasteiger partial charge in [0.05, 0.1) is 11.6 Å². The van der Waals surface area contributed by atoms with Crippen molar-refractivity contribution in [1.29, 1.82) is 5.26 Å². The second-order valence-corrected chi connectivity index (χ2v) is 9.76. The molecule has 32 heavy (non-hydrogen) atoms. The maximum atomic E-state index is 13.4. The highest BCUT2D eigenvalue weighted by Crippen LogP contribution is 2.47. The molecule has 2 aromatic rings. The van der Waals surface area contributed by atoms with E-state index in [-0.39, 0.29) is 17.9 Å². The van der Waals surface area contributed by atoms with Gasteiger partial charge in [-0.1, -0.05) is 55.3 Å². The molecule has 3 aliphatic rings. The number of fused-ring (bicyclic) bond motifs is 1. The lowest BCUT2D eigenvalue weighted by Crippen LogP contribution is -2.51. The van der Waals surface area contributed by atoms with Gasteiger partial charge in [-0.2, -0.15) is 5.26 Å². The Balaban J connectivity index is 1.16. The number of rotatable bonds is 7. The van der Waals surface area contributed by atoms with Gasteiger partial charge in [0.25, 0.3) is 5.91 Å². The first-order chi connectivity index (χ1) is 15.6. The molecule has 0 radical (unpaired) electrons. The van der Waals surface area contributed by atoms with Crippen LogP contribution in [0.4, 0.5) is 0 Å². The van der Waals surface area contributed by atoms with Crippen LogP contribution < -0.4 is 5.32 Å². The Hall–Kier alpha value is -2.68. The minimum Gasteiger partial charge on any atom is -0.375 e. The normalized spacial score (nSPS) is 26.8. The van der Waals surface area contributed by atoms with Crippen LogP contribution in [0.1, 0.15) is 42.4 Å². The molecular formula is C27H31N3O2. The van der Waals surface area contributed by atoms with Gasteiger partial charge in [-0.25, -0.2) is 0 Å². The Kier molecular flexibility index (Phi) is 5.75. The third-order valence-electron chi connectivity index (χ3n) is 7.87. The first-order valence-electron chi connectivity index (χ1n) is 11.9. The number of benzene rings is 2. The molecule has 3 fully saturated rings. The van der Waals surface area contributed by atoms with Gasteiger partial charge in [0.2, 0.25) is 0 Å². The number of nitrogens with zero attached hydrogens (tertiary/aromatic N) is 2. The zero-order chi connectivity index (χ0) is 22.1. The largest absolute Gasteiger partial charge is 0.375 e. The third-order valence-corrected chi connectivity index (χ3v) is 7.87. The standard InChI is InChI=1S/C27H31N3O2/c28-16-20-12-10-19(11-13-20)14-15-30-17-23-24(18-30)25(23)29-26(31)27(32,22-8-4-5-9-22)21-6-2-1-3-7-21/h1-3,6-7,10-13,22-25,32H,4-5,8-9,14-15,17-18H2,(H,29,31). The van der Waals surface area contributed by atoms with E-state index >= 15 is 0 Å². The van der Waals surface area contributed by atoms with Gasteiger partial charge in [-0.3, -0.25) is 4.79 Å². The second-order valence-electron chi connectivity index (χ2n) is 9.76. The monoisotopic (exact) mass is 429 g/mol. The molecule has 2 aromatic carbocycles. The van der Waals surface area contributed by atoms with Gasteiger partial charge in [-0.05, 0) is 54.4 Å². The molecule has 1 saturated heterocycles. The van der Waals surface area contributed by atoms with E-state index in [0.29, 0.717) is 17.4 Å². The van der Waals surface area contributed by atoms with Crippen LogP contribution in [0.2, 0.25) is 0 Å². The minimum atomic E-state index is -1.43. The molecule has 0 aromatic heterocycles. The van der Waals surface area contributed by atoms with E-state index in [4.69, 9.17) is 5.26 Å². The molecule has 5 nitrogen and oxygen atoms in total. The van der Waals surface area contributed by atoms with E-state index in [1.54, 1.807) is 0 Å². The van der Waals surface area contributed by atoms with Crippen LogP contribution >= 0.6 is 0 Å². The zero-order valence-electron chi connectivity index (χ0n) is 18.4. The zero-order valence-corrected chi connectivity index (χ0v) is 18.4. The predicted octanol–water partition coefficient (Wildman–Crippen LogP) is 3.23. The summed E-state index contributed by atoms with van der Waals surface area (Å²) in [5.41, 5.74) is 1.24. The summed E-state index contributed by atoms with van der Waals surface area (Å²) in [5, 5.41) is 23.8. The summed E-state index contributed by atoms with van der Waals surface area (Å²) in [4.78, 5) is 15.8. The third kappa shape index (κ3) is 3.94. The average molecular weight is 430 g/mol. The average Bonchev–Trinajstić information content (AvgIpc) is 3.25. The van der Waals surface area contributed by atoms with E-state index in [0.717, 1.165) is 57.3 Å². The summed E-state index contributed by atoms with van der Waals surface area (Å²) in [7, 11) is 0. The molecule has 5 heteroatoms. The highest BCUT2D eigenvalue weighted by molar-refractivity contribution is 5.87. The van der Waals surface area contributed by atoms with Gasteiger partial charge < -0.3 is 15.3 Å².